The lowest BCUT2D eigenvalue weighted by molar-refractivity contribution is 0.100. The number of imidazole rings is 1. The van der Waals surface area contributed by atoms with Crippen molar-refractivity contribution in [1.29, 1.82) is 0 Å². The molecule has 0 bridgehead atoms. The molecule has 0 atom stereocenters. The Morgan fingerprint density at radius 1 is 1.21 bits per heavy atom. The van der Waals surface area contributed by atoms with E-state index in [2.05, 4.69) is 39.6 Å². The van der Waals surface area contributed by atoms with Gasteiger partial charge in [-0.25, -0.2) is 4.98 Å². The van der Waals surface area contributed by atoms with Crippen molar-refractivity contribution < 1.29 is 4.79 Å². The molecule has 0 spiro atoms. The molecule has 5 nitrogen and oxygen atoms in total. The molecule has 1 amide bonds. The predicted octanol–water partition coefficient (Wildman–Crippen LogP) is 2.62. The normalized spacial score (nSPS) is 14.2. The summed E-state index contributed by atoms with van der Waals surface area (Å²) in [7, 11) is 0. The number of primary amides is 1. The first kappa shape index (κ1) is 14.9. The van der Waals surface area contributed by atoms with Crippen molar-refractivity contribution in [2.24, 2.45) is 5.73 Å². The average molecular weight is 320 g/mol. The summed E-state index contributed by atoms with van der Waals surface area (Å²) in [4.78, 5) is 19.3. The topological polar surface area (TPSA) is 83.8 Å². The number of carbonyl (C=O) groups excluding carboxylic acids is 1. The molecular weight excluding hydrogens is 300 g/mol. The lowest BCUT2D eigenvalue weighted by Crippen LogP contribution is -2.19. The summed E-state index contributed by atoms with van der Waals surface area (Å²) >= 11 is 0. The van der Waals surface area contributed by atoms with Crippen LogP contribution < -0.4 is 11.1 Å². The Bertz CT molecular complexity index is 878. The molecular formula is C19H20N4O. The average Bonchev–Trinajstić information content (AvgIpc) is 3.30. The van der Waals surface area contributed by atoms with Gasteiger partial charge >= 0.3 is 0 Å². The lowest BCUT2D eigenvalue weighted by Gasteiger charge is -2.04. The van der Waals surface area contributed by atoms with Crippen molar-refractivity contribution in [2.75, 3.05) is 6.54 Å². The van der Waals surface area contributed by atoms with E-state index in [0.717, 1.165) is 35.9 Å². The third-order valence-corrected chi connectivity index (χ3v) is 4.43. The van der Waals surface area contributed by atoms with E-state index in [1.165, 1.54) is 18.4 Å². The number of H-pyrrole nitrogens is 1. The molecule has 1 aliphatic carbocycles. The van der Waals surface area contributed by atoms with Crippen LogP contribution in [-0.2, 0) is 6.42 Å². The van der Waals surface area contributed by atoms with Crippen molar-refractivity contribution >= 4 is 16.9 Å². The quantitative estimate of drug-likeness (QED) is 0.653. The van der Waals surface area contributed by atoms with Crippen LogP contribution in [0.5, 0.6) is 0 Å². The standard InChI is InChI=1S/C19H20N4O/c20-18(24)15-2-1-3-16-17(15)23-19(22-16)13-6-4-12(5-7-13)10-11-21-14-8-9-14/h1-7,14,21H,8-11H2,(H2,20,24)(H,22,23). The van der Waals surface area contributed by atoms with Crippen molar-refractivity contribution in [3.63, 3.8) is 0 Å². The number of aromatic nitrogens is 2. The number of fused-ring (bicyclic) bond motifs is 1. The van der Waals surface area contributed by atoms with Crippen molar-refractivity contribution in [3.05, 3.63) is 53.6 Å². The fraction of sp³-hybridized carbons (Fsp3) is 0.263. The van der Waals surface area contributed by atoms with Gasteiger partial charge in [0.05, 0.1) is 11.1 Å². The van der Waals surface area contributed by atoms with E-state index in [-0.39, 0.29) is 0 Å². The van der Waals surface area contributed by atoms with Crippen molar-refractivity contribution in [2.45, 2.75) is 25.3 Å². The highest BCUT2D eigenvalue weighted by atomic mass is 16.1. The van der Waals surface area contributed by atoms with Gasteiger partial charge in [0.15, 0.2) is 0 Å². The molecule has 1 fully saturated rings. The summed E-state index contributed by atoms with van der Waals surface area (Å²) in [5.41, 5.74) is 9.61. The highest BCUT2D eigenvalue weighted by Crippen LogP contribution is 2.23. The number of para-hydroxylation sites is 1. The minimum absolute atomic E-state index is 0.442. The Kier molecular flexibility index (Phi) is 3.78. The van der Waals surface area contributed by atoms with Gasteiger partial charge in [0, 0.05) is 11.6 Å². The molecule has 5 heteroatoms. The van der Waals surface area contributed by atoms with Crippen LogP contribution in [0.15, 0.2) is 42.5 Å². The summed E-state index contributed by atoms with van der Waals surface area (Å²) in [5.74, 6) is 0.290. The SMILES string of the molecule is NC(=O)c1cccc2[nH]c(-c3ccc(CCNC4CC4)cc3)nc12. The second-order valence-electron chi connectivity index (χ2n) is 6.33. The number of hydrogen-bond donors (Lipinski definition) is 3. The van der Waals surface area contributed by atoms with E-state index in [1.807, 2.05) is 6.07 Å². The molecule has 1 saturated carbocycles. The fourth-order valence-corrected chi connectivity index (χ4v) is 2.91. The van der Waals surface area contributed by atoms with Gasteiger partial charge < -0.3 is 16.0 Å². The highest BCUT2D eigenvalue weighted by molar-refractivity contribution is 6.04. The largest absolute Gasteiger partial charge is 0.366 e. The summed E-state index contributed by atoms with van der Waals surface area (Å²) in [6, 6.07) is 14.5. The maximum absolute atomic E-state index is 11.5. The maximum Gasteiger partial charge on any atom is 0.250 e. The second kappa shape index (κ2) is 6.09. The van der Waals surface area contributed by atoms with E-state index in [0.29, 0.717) is 11.1 Å². The van der Waals surface area contributed by atoms with Crippen molar-refractivity contribution in [1.82, 2.24) is 15.3 Å². The van der Waals surface area contributed by atoms with Crippen LogP contribution in [0.2, 0.25) is 0 Å². The van der Waals surface area contributed by atoms with Crippen LogP contribution >= 0.6 is 0 Å². The molecule has 1 aliphatic rings. The summed E-state index contributed by atoms with van der Waals surface area (Å²) in [6.07, 6.45) is 3.67. The fourth-order valence-electron chi connectivity index (χ4n) is 2.91. The Morgan fingerprint density at radius 3 is 2.71 bits per heavy atom. The van der Waals surface area contributed by atoms with Gasteiger partial charge in [0.1, 0.15) is 11.3 Å². The third kappa shape index (κ3) is 3.03. The Labute approximate surface area is 140 Å². The number of nitrogens with two attached hydrogens (primary N) is 1. The second-order valence-corrected chi connectivity index (χ2v) is 6.33. The Balaban J connectivity index is 1.55. The number of benzene rings is 2. The zero-order valence-corrected chi connectivity index (χ0v) is 13.4. The van der Waals surface area contributed by atoms with Crippen LogP contribution in [0.3, 0.4) is 0 Å². The zero-order chi connectivity index (χ0) is 16.5. The van der Waals surface area contributed by atoms with Gasteiger partial charge in [-0.1, -0.05) is 30.3 Å². The molecule has 0 radical (unpaired) electrons. The number of amides is 1. The molecule has 4 rings (SSSR count). The number of rotatable bonds is 6. The van der Waals surface area contributed by atoms with E-state index in [1.54, 1.807) is 12.1 Å². The number of aromatic amines is 1. The van der Waals surface area contributed by atoms with Gasteiger partial charge in [0.2, 0.25) is 0 Å². The van der Waals surface area contributed by atoms with Gasteiger partial charge in [-0.3, -0.25) is 4.79 Å². The minimum Gasteiger partial charge on any atom is -0.366 e. The molecule has 24 heavy (non-hydrogen) atoms. The molecule has 4 N–H and O–H groups in total. The molecule has 1 aromatic heterocycles. The molecule has 3 aromatic rings. The predicted molar refractivity (Wildman–Crippen MR) is 94.8 cm³/mol. The molecule has 122 valence electrons. The lowest BCUT2D eigenvalue weighted by atomic mass is 10.1. The number of nitrogens with one attached hydrogen (secondary N) is 2. The van der Waals surface area contributed by atoms with Crippen molar-refractivity contribution in [3.8, 4) is 11.4 Å². The van der Waals surface area contributed by atoms with E-state index >= 15 is 0 Å². The number of carbonyl (C=O) groups is 1. The highest BCUT2D eigenvalue weighted by Gasteiger charge is 2.19. The molecule has 2 aromatic carbocycles. The number of nitrogens with zero attached hydrogens (tertiary/aromatic N) is 1. The van der Waals surface area contributed by atoms with Crippen LogP contribution in [0.25, 0.3) is 22.4 Å². The van der Waals surface area contributed by atoms with Gasteiger partial charge in [-0.15, -0.1) is 0 Å². The smallest absolute Gasteiger partial charge is 0.250 e. The molecule has 0 saturated heterocycles. The van der Waals surface area contributed by atoms with Gasteiger partial charge in [-0.05, 0) is 43.5 Å². The minimum atomic E-state index is -0.461. The molecule has 0 unspecified atom stereocenters. The molecule has 0 aliphatic heterocycles. The Hall–Kier alpha value is -2.66. The zero-order valence-electron chi connectivity index (χ0n) is 13.4. The van der Waals surface area contributed by atoms with E-state index in [4.69, 9.17) is 5.73 Å². The van der Waals surface area contributed by atoms with Crippen LogP contribution in [0, 0.1) is 0 Å². The van der Waals surface area contributed by atoms with Gasteiger partial charge in [-0.2, -0.15) is 0 Å². The first-order valence-corrected chi connectivity index (χ1v) is 8.32. The van der Waals surface area contributed by atoms with Gasteiger partial charge in [0.25, 0.3) is 5.91 Å². The first-order valence-electron chi connectivity index (χ1n) is 8.32. The van der Waals surface area contributed by atoms with E-state index < -0.39 is 5.91 Å². The Morgan fingerprint density at radius 2 is 2.00 bits per heavy atom. The monoisotopic (exact) mass is 320 g/mol. The summed E-state index contributed by atoms with van der Waals surface area (Å²) in [5, 5.41) is 3.52. The van der Waals surface area contributed by atoms with Crippen LogP contribution in [0.1, 0.15) is 28.8 Å². The summed E-state index contributed by atoms with van der Waals surface area (Å²) in [6.45, 7) is 1.02. The van der Waals surface area contributed by atoms with Crippen LogP contribution in [-0.4, -0.2) is 28.5 Å². The van der Waals surface area contributed by atoms with E-state index in [9.17, 15) is 4.79 Å². The number of hydrogen-bond acceptors (Lipinski definition) is 3. The third-order valence-electron chi connectivity index (χ3n) is 4.43. The maximum atomic E-state index is 11.5. The van der Waals surface area contributed by atoms with Crippen LogP contribution in [0.4, 0.5) is 0 Å². The molecule has 1 heterocycles. The summed E-state index contributed by atoms with van der Waals surface area (Å²) < 4.78 is 0. The first-order chi connectivity index (χ1) is 11.7.